The van der Waals surface area contributed by atoms with Gasteiger partial charge in [-0.05, 0) is 19.9 Å². The summed E-state index contributed by atoms with van der Waals surface area (Å²) in [4.78, 5) is 14.6. The average molecular weight is 225 g/mol. The van der Waals surface area contributed by atoms with E-state index in [4.69, 9.17) is 14.6 Å². The van der Waals surface area contributed by atoms with Gasteiger partial charge in [0, 0.05) is 18.9 Å². The molecule has 0 aromatic carbocycles. The van der Waals surface area contributed by atoms with Crippen LogP contribution in [0.25, 0.3) is 0 Å². The largest absolute Gasteiger partial charge is 0.478 e. The Bertz CT molecular complexity index is 354. The summed E-state index contributed by atoms with van der Waals surface area (Å²) in [6.07, 6.45) is 1.25. The Morgan fingerprint density at radius 2 is 2.38 bits per heavy atom. The van der Waals surface area contributed by atoms with Crippen LogP contribution in [-0.4, -0.2) is 35.4 Å². The Morgan fingerprint density at radius 1 is 1.62 bits per heavy atom. The molecule has 5 nitrogen and oxygen atoms in total. The average Bonchev–Trinajstić information content (AvgIpc) is 2.26. The van der Waals surface area contributed by atoms with E-state index in [0.717, 1.165) is 0 Å². The maximum Gasteiger partial charge on any atom is 0.335 e. The van der Waals surface area contributed by atoms with Crippen molar-refractivity contribution in [2.24, 2.45) is 0 Å². The van der Waals surface area contributed by atoms with Crippen LogP contribution in [0, 0.1) is 0 Å². The molecule has 0 aliphatic heterocycles. The van der Waals surface area contributed by atoms with E-state index in [2.05, 4.69) is 4.98 Å². The number of pyridine rings is 1. The van der Waals surface area contributed by atoms with Gasteiger partial charge in [0.1, 0.15) is 6.10 Å². The van der Waals surface area contributed by atoms with Crippen molar-refractivity contribution < 1.29 is 19.4 Å². The number of nitrogens with zero attached hydrogens (tertiary/aromatic N) is 1. The van der Waals surface area contributed by atoms with Crippen molar-refractivity contribution in [3.8, 4) is 5.88 Å². The molecule has 0 fully saturated rings. The standard InChI is InChI=1S/C11H15NO4/c1-3-15-7-8(2)16-10-6-9(11(13)14)4-5-12-10/h4-6,8H,3,7H2,1-2H3,(H,13,14). The van der Waals surface area contributed by atoms with Gasteiger partial charge in [0.05, 0.1) is 12.2 Å². The van der Waals surface area contributed by atoms with Crippen LogP contribution in [0.1, 0.15) is 24.2 Å². The molecule has 88 valence electrons. The highest BCUT2D eigenvalue weighted by Crippen LogP contribution is 2.11. The van der Waals surface area contributed by atoms with Crippen LogP contribution in [0.2, 0.25) is 0 Å². The number of aromatic nitrogens is 1. The van der Waals surface area contributed by atoms with Gasteiger partial charge in [0.15, 0.2) is 0 Å². The minimum absolute atomic E-state index is 0.156. The molecular weight excluding hydrogens is 210 g/mol. The Labute approximate surface area is 94.0 Å². The summed E-state index contributed by atoms with van der Waals surface area (Å²) in [5, 5.41) is 8.78. The maximum absolute atomic E-state index is 10.7. The Morgan fingerprint density at radius 3 is 3.00 bits per heavy atom. The van der Waals surface area contributed by atoms with Gasteiger partial charge in [-0.15, -0.1) is 0 Å². The summed E-state index contributed by atoms with van der Waals surface area (Å²) < 4.78 is 10.6. The van der Waals surface area contributed by atoms with E-state index < -0.39 is 5.97 Å². The van der Waals surface area contributed by atoms with E-state index in [-0.39, 0.29) is 11.7 Å². The van der Waals surface area contributed by atoms with Crippen molar-refractivity contribution in [2.45, 2.75) is 20.0 Å². The number of aromatic carboxylic acids is 1. The van der Waals surface area contributed by atoms with Gasteiger partial charge in [-0.3, -0.25) is 0 Å². The van der Waals surface area contributed by atoms with Gasteiger partial charge in [-0.25, -0.2) is 9.78 Å². The van der Waals surface area contributed by atoms with Crippen molar-refractivity contribution in [1.29, 1.82) is 0 Å². The number of carboxylic acids is 1. The summed E-state index contributed by atoms with van der Waals surface area (Å²) in [5.41, 5.74) is 0.161. The first-order chi connectivity index (χ1) is 7.63. The topological polar surface area (TPSA) is 68.7 Å². The quantitative estimate of drug-likeness (QED) is 0.796. The zero-order chi connectivity index (χ0) is 12.0. The summed E-state index contributed by atoms with van der Waals surface area (Å²) in [6.45, 7) is 4.81. The van der Waals surface area contributed by atoms with Crippen LogP contribution in [-0.2, 0) is 4.74 Å². The number of ether oxygens (including phenoxy) is 2. The Kier molecular flexibility index (Phi) is 4.72. The molecule has 1 rings (SSSR count). The second-order valence-corrected chi connectivity index (χ2v) is 3.28. The van der Waals surface area contributed by atoms with Gasteiger partial charge < -0.3 is 14.6 Å². The van der Waals surface area contributed by atoms with Gasteiger partial charge in [0.2, 0.25) is 5.88 Å². The summed E-state index contributed by atoms with van der Waals surface area (Å²) in [5.74, 6) is -0.697. The van der Waals surface area contributed by atoms with Gasteiger partial charge in [0.25, 0.3) is 0 Å². The number of carbonyl (C=O) groups is 1. The van der Waals surface area contributed by atoms with Crippen molar-refractivity contribution in [3.05, 3.63) is 23.9 Å². The van der Waals surface area contributed by atoms with E-state index in [9.17, 15) is 4.79 Å². The fourth-order valence-corrected chi connectivity index (χ4v) is 1.13. The monoisotopic (exact) mass is 225 g/mol. The van der Waals surface area contributed by atoms with E-state index in [1.54, 1.807) is 0 Å². The summed E-state index contributed by atoms with van der Waals surface area (Å²) in [7, 11) is 0. The lowest BCUT2D eigenvalue weighted by atomic mass is 10.3. The van der Waals surface area contributed by atoms with Gasteiger partial charge >= 0.3 is 5.97 Å². The fraction of sp³-hybridized carbons (Fsp3) is 0.455. The van der Waals surface area contributed by atoms with Crippen LogP contribution in [0.5, 0.6) is 5.88 Å². The minimum atomic E-state index is -0.996. The molecule has 0 amide bonds. The Balaban J connectivity index is 2.59. The normalized spacial score (nSPS) is 12.1. The molecule has 0 radical (unpaired) electrons. The highest BCUT2D eigenvalue weighted by molar-refractivity contribution is 5.87. The van der Waals surface area contributed by atoms with E-state index in [0.29, 0.717) is 19.1 Å². The molecule has 0 saturated carbocycles. The lowest BCUT2D eigenvalue weighted by molar-refractivity contribution is 0.0627. The summed E-state index contributed by atoms with van der Waals surface area (Å²) in [6, 6.07) is 2.81. The smallest absolute Gasteiger partial charge is 0.335 e. The van der Waals surface area contributed by atoms with Gasteiger partial charge in [-0.2, -0.15) is 0 Å². The molecule has 0 aliphatic carbocycles. The molecule has 1 atom stereocenters. The molecule has 1 N–H and O–H groups in total. The molecule has 1 unspecified atom stereocenters. The predicted molar refractivity (Wildman–Crippen MR) is 57.8 cm³/mol. The van der Waals surface area contributed by atoms with Gasteiger partial charge in [-0.1, -0.05) is 0 Å². The second-order valence-electron chi connectivity index (χ2n) is 3.28. The number of hydrogen-bond donors (Lipinski definition) is 1. The highest BCUT2D eigenvalue weighted by Gasteiger charge is 2.08. The van der Waals surface area contributed by atoms with E-state index >= 15 is 0 Å². The molecule has 1 aromatic heterocycles. The lowest BCUT2D eigenvalue weighted by Gasteiger charge is -2.13. The highest BCUT2D eigenvalue weighted by atomic mass is 16.5. The van der Waals surface area contributed by atoms with Crippen LogP contribution in [0.3, 0.4) is 0 Å². The first-order valence-corrected chi connectivity index (χ1v) is 5.07. The zero-order valence-corrected chi connectivity index (χ0v) is 9.34. The third kappa shape index (κ3) is 3.86. The SMILES string of the molecule is CCOCC(C)Oc1cc(C(=O)O)ccn1. The number of rotatable bonds is 6. The minimum Gasteiger partial charge on any atom is -0.478 e. The van der Waals surface area contributed by atoms with Crippen LogP contribution in [0.15, 0.2) is 18.3 Å². The fourth-order valence-electron chi connectivity index (χ4n) is 1.13. The van der Waals surface area contributed by atoms with Crippen molar-refractivity contribution in [3.63, 3.8) is 0 Å². The molecule has 16 heavy (non-hydrogen) atoms. The molecule has 0 saturated heterocycles. The molecule has 1 heterocycles. The second kappa shape index (κ2) is 6.07. The Hall–Kier alpha value is -1.62. The van der Waals surface area contributed by atoms with Crippen molar-refractivity contribution in [2.75, 3.05) is 13.2 Å². The maximum atomic E-state index is 10.7. The molecule has 1 aromatic rings. The van der Waals surface area contributed by atoms with Crippen molar-refractivity contribution >= 4 is 5.97 Å². The molecule has 0 aliphatic rings. The van der Waals surface area contributed by atoms with E-state index in [1.165, 1.54) is 18.3 Å². The zero-order valence-electron chi connectivity index (χ0n) is 9.34. The first-order valence-electron chi connectivity index (χ1n) is 5.07. The van der Waals surface area contributed by atoms with Crippen LogP contribution >= 0.6 is 0 Å². The van der Waals surface area contributed by atoms with E-state index in [1.807, 2.05) is 13.8 Å². The first kappa shape index (κ1) is 12.4. The third-order valence-electron chi connectivity index (χ3n) is 1.86. The van der Waals surface area contributed by atoms with Crippen LogP contribution < -0.4 is 4.74 Å². The summed E-state index contributed by atoms with van der Waals surface area (Å²) >= 11 is 0. The molecule has 0 bridgehead atoms. The van der Waals surface area contributed by atoms with Crippen LogP contribution in [0.4, 0.5) is 0 Å². The van der Waals surface area contributed by atoms with Crippen molar-refractivity contribution in [1.82, 2.24) is 4.98 Å². The predicted octanol–water partition coefficient (Wildman–Crippen LogP) is 1.58. The lowest BCUT2D eigenvalue weighted by Crippen LogP contribution is -2.19. The molecule has 0 spiro atoms. The number of hydrogen-bond acceptors (Lipinski definition) is 4. The molecule has 5 heteroatoms. The number of carboxylic acid groups (broad SMARTS) is 1. The molecular formula is C11H15NO4. The third-order valence-corrected chi connectivity index (χ3v) is 1.86.